The van der Waals surface area contributed by atoms with Crippen LogP contribution in [0.5, 0.6) is 11.5 Å². The second kappa shape index (κ2) is 27.2. The fourth-order valence-electron chi connectivity index (χ4n) is 12.6. The molecule has 0 saturated carbocycles. The molecule has 2 aromatic rings. The van der Waals surface area contributed by atoms with Gasteiger partial charge in [-0.2, -0.15) is 0 Å². The Kier molecular flexibility index (Phi) is 22.2. The van der Waals surface area contributed by atoms with Crippen LogP contribution in [0.3, 0.4) is 0 Å². The highest BCUT2D eigenvalue weighted by molar-refractivity contribution is 6.39. The molecule has 18 atom stereocenters. The molecule has 80 heavy (non-hydrogen) atoms. The molecule has 2 amide bonds. The van der Waals surface area contributed by atoms with Crippen molar-refractivity contribution in [1.29, 1.82) is 0 Å². The molecule has 4 aliphatic heterocycles. The maximum Gasteiger partial charge on any atom is 0.410 e. The van der Waals surface area contributed by atoms with Crippen molar-refractivity contribution in [3.05, 3.63) is 46.2 Å². The third-order valence-corrected chi connectivity index (χ3v) is 17.6. The van der Waals surface area contributed by atoms with Crippen LogP contribution in [0.1, 0.15) is 126 Å². The van der Waals surface area contributed by atoms with Crippen molar-refractivity contribution in [2.24, 2.45) is 29.6 Å². The molecular formula is C58H88Cl2N4O16. The van der Waals surface area contributed by atoms with Crippen molar-refractivity contribution < 1.29 is 76.8 Å². The zero-order valence-corrected chi connectivity index (χ0v) is 51.0. The van der Waals surface area contributed by atoms with Crippen LogP contribution in [0.25, 0.3) is 0 Å². The number of pyridine rings is 1. The van der Waals surface area contributed by atoms with Crippen molar-refractivity contribution >= 4 is 52.6 Å². The highest BCUT2D eigenvalue weighted by Crippen LogP contribution is 2.45. The molecule has 4 saturated heterocycles. The smallest absolute Gasteiger partial charge is 0.410 e. The Hall–Kier alpha value is -3.93. The van der Waals surface area contributed by atoms with Gasteiger partial charge in [-0.3, -0.25) is 19.4 Å². The minimum Gasteiger partial charge on any atom is -0.493 e. The summed E-state index contributed by atoms with van der Waals surface area (Å²) in [6.07, 6.45) is -5.35. The van der Waals surface area contributed by atoms with Crippen molar-refractivity contribution in [3.8, 4) is 11.5 Å². The third kappa shape index (κ3) is 14.2. The van der Waals surface area contributed by atoms with Gasteiger partial charge < -0.3 is 72.7 Å². The summed E-state index contributed by atoms with van der Waals surface area (Å²) in [5.74, 6) is -3.99. The number of esters is 1. The number of Topliss-reactive ketones (excluding diaryl/α,β-unsaturated/α-hetero) is 1. The first kappa shape index (κ1) is 65.2. The molecule has 5 heterocycles. The zero-order chi connectivity index (χ0) is 59.3. The number of ketones is 1. The number of hydrogen-bond acceptors (Lipinski definition) is 18. The highest BCUT2D eigenvalue weighted by atomic mass is 35.5. The van der Waals surface area contributed by atoms with Gasteiger partial charge in [0.05, 0.1) is 77.0 Å². The molecule has 0 aliphatic carbocycles. The lowest BCUT2D eigenvalue weighted by Gasteiger charge is -2.50. The molecule has 0 radical (unpaired) electrons. The Morgan fingerprint density at radius 2 is 1.59 bits per heavy atom. The largest absolute Gasteiger partial charge is 0.493 e. The maximum atomic E-state index is 15.3. The molecule has 4 fully saturated rings. The lowest BCUT2D eigenvalue weighted by atomic mass is 9.73. The number of fused-ring (bicyclic) bond motifs is 1. The number of cyclic esters (lactones) is 1. The fraction of sp³-hybridized carbons (Fsp3) is 0.741. The lowest BCUT2D eigenvalue weighted by molar-refractivity contribution is -0.319. The minimum absolute atomic E-state index is 0.0329. The van der Waals surface area contributed by atoms with E-state index in [2.05, 4.69) is 29.0 Å². The average Bonchev–Trinajstić information content (AvgIpc) is 3.81. The maximum absolute atomic E-state index is 15.3. The number of aromatic nitrogens is 1. The Bertz CT molecular complexity index is 2440. The molecule has 0 unspecified atom stereocenters. The molecule has 4 aliphatic rings. The van der Waals surface area contributed by atoms with E-state index in [0.29, 0.717) is 24.6 Å². The van der Waals surface area contributed by atoms with Gasteiger partial charge >= 0.3 is 12.1 Å². The molecular weight excluding hydrogens is 1080 g/mol. The van der Waals surface area contributed by atoms with Crippen LogP contribution in [0.2, 0.25) is 10.0 Å². The fourth-order valence-corrected chi connectivity index (χ4v) is 13.0. The quantitative estimate of drug-likeness (QED) is 0.0940. The molecule has 0 spiro atoms. The Morgan fingerprint density at radius 1 is 0.925 bits per heavy atom. The summed E-state index contributed by atoms with van der Waals surface area (Å²) < 4.78 is 63.9. The van der Waals surface area contributed by atoms with Crippen LogP contribution >= 0.6 is 23.2 Å². The van der Waals surface area contributed by atoms with E-state index in [1.54, 1.807) is 46.8 Å². The van der Waals surface area contributed by atoms with Gasteiger partial charge in [-0.05, 0) is 98.4 Å². The number of hydrogen-bond donors (Lipinski definition) is 3. The van der Waals surface area contributed by atoms with Crippen molar-refractivity contribution in [3.63, 3.8) is 0 Å². The summed E-state index contributed by atoms with van der Waals surface area (Å²) in [5.41, 5.74) is -3.56. The third-order valence-electron chi connectivity index (χ3n) is 17.0. The number of ether oxygens (including phenoxy) is 10. The molecule has 6 rings (SSSR count). The van der Waals surface area contributed by atoms with Crippen LogP contribution in [0.15, 0.2) is 30.6 Å². The second-order valence-electron chi connectivity index (χ2n) is 23.5. The number of aliphatic hydroxyl groups is 2. The Labute approximate surface area is 482 Å². The van der Waals surface area contributed by atoms with Gasteiger partial charge in [-0.25, -0.2) is 4.79 Å². The SMILES string of the molecule is CC[C@H]1OC(=O)[C@H](C)[C@@H](O[C@H]2C[C@@](C)(OC)[C@@H](O)[C@H](C)O2)[C@H](C)[C@@H](O[C@@H]2O[C@H](C)C[C@H](N(C)CC(C)C)[C@H]2O)[C@](C)(OC)C[C@@H](C)C(=O)[C@H](C)[C@@H]2N(CCCOc3cc(C(=O)Nc4c(Cl)cncc4Cl)ccc3OC)C(=O)O[C@@]21C. The van der Waals surface area contributed by atoms with E-state index in [-0.39, 0.29) is 83.8 Å². The Morgan fingerprint density at radius 3 is 2.20 bits per heavy atom. The second-order valence-corrected chi connectivity index (χ2v) is 24.3. The number of amides is 2. The van der Waals surface area contributed by atoms with Gasteiger partial charge in [-0.1, -0.05) is 64.7 Å². The van der Waals surface area contributed by atoms with E-state index in [4.69, 9.17) is 70.6 Å². The molecule has 20 nitrogen and oxygen atoms in total. The number of rotatable bonds is 18. The minimum atomic E-state index is -1.55. The van der Waals surface area contributed by atoms with Crippen molar-refractivity contribution in [1.82, 2.24) is 14.8 Å². The van der Waals surface area contributed by atoms with E-state index in [9.17, 15) is 19.8 Å². The molecule has 3 N–H and O–H groups in total. The first-order valence-corrected chi connectivity index (χ1v) is 28.8. The predicted molar refractivity (Wildman–Crippen MR) is 299 cm³/mol. The number of likely N-dealkylation sites (N-methyl/N-ethyl adjacent to an activating group) is 1. The molecule has 1 aromatic carbocycles. The van der Waals surface area contributed by atoms with E-state index in [1.807, 2.05) is 41.7 Å². The van der Waals surface area contributed by atoms with Gasteiger partial charge in [0.2, 0.25) is 0 Å². The predicted octanol–water partition coefficient (Wildman–Crippen LogP) is 8.37. The summed E-state index contributed by atoms with van der Waals surface area (Å²) in [4.78, 5) is 65.8. The number of benzene rings is 1. The van der Waals surface area contributed by atoms with Crippen molar-refractivity contribution in [2.45, 2.75) is 199 Å². The molecule has 0 bridgehead atoms. The first-order chi connectivity index (χ1) is 37.6. The molecule has 450 valence electrons. The first-order valence-electron chi connectivity index (χ1n) is 28.0. The van der Waals surface area contributed by atoms with Crippen LogP contribution in [0, 0.1) is 29.6 Å². The molecule has 22 heteroatoms. The average molecular weight is 1170 g/mol. The van der Waals surface area contributed by atoms with E-state index < -0.39 is 114 Å². The number of halogens is 2. The summed E-state index contributed by atoms with van der Waals surface area (Å²) in [6, 6.07) is 3.37. The summed E-state index contributed by atoms with van der Waals surface area (Å²) in [5, 5.41) is 26.4. The van der Waals surface area contributed by atoms with Gasteiger partial charge in [0, 0.05) is 75.5 Å². The van der Waals surface area contributed by atoms with Crippen LogP contribution in [0.4, 0.5) is 10.5 Å². The molecule has 1 aromatic heterocycles. The number of nitrogens with one attached hydrogen (secondary N) is 1. The number of methoxy groups -OCH3 is 3. The van der Waals surface area contributed by atoms with Crippen LogP contribution < -0.4 is 14.8 Å². The topological polar surface area (TPSA) is 232 Å². The highest BCUT2D eigenvalue weighted by Gasteiger charge is 2.61. The number of carbonyl (C=O) groups is 4. The van der Waals surface area contributed by atoms with Crippen molar-refractivity contribution in [2.75, 3.05) is 53.4 Å². The standard InChI is InChI=1S/C58H88Cl2N4O16/c1-17-43-58(12)49(64(55(70)80-58)21-18-22-74-42-24-37(19-20-41(42)71-14)52(68)62-45-38(59)27-61-28-39(45)60)33(6)46(65)31(4)25-57(11,73-16)51(79-54-47(66)40(23-32(5)75-54)63(13)29-30(2)3)34(7)48(35(8)53(69)77-43)78-44-26-56(10,72-15)50(67)36(9)76-44/h19-20,24,27-28,30-36,40,43-44,47-51,54,66-67H,17-18,21-23,25-26,29H2,1-16H3,(H,61,62,68)/t31-,32-,33+,34+,35-,36+,40+,43-,44+,47-,48+,49+,50+,51-,54+,56-,57-,58-/m1/s1. The summed E-state index contributed by atoms with van der Waals surface area (Å²) >= 11 is 12.5. The summed E-state index contributed by atoms with van der Waals surface area (Å²) in [7, 11) is 6.48. The van der Waals surface area contributed by atoms with E-state index >= 15 is 9.59 Å². The number of nitrogens with zero attached hydrogens (tertiary/aromatic N) is 3. The number of carbonyl (C=O) groups excluding carboxylic acids is 4. The number of aliphatic hydroxyl groups excluding tert-OH is 2. The Balaban J connectivity index is 1.35. The van der Waals surface area contributed by atoms with Gasteiger partial charge in [0.25, 0.3) is 5.91 Å². The van der Waals surface area contributed by atoms with Gasteiger partial charge in [0.15, 0.2) is 29.7 Å². The summed E-state index contributed by atoms with van der Waals surface area (Å²) in [6.45, 7) is 22.9. The van der Waals surface area contributed by atoms with E-state index in [1.165, 1.54) is 44.7 Å². The zero-order valence-electron chi connectivity index (χ0n) is 49.5. The van der Waals surface area contributed by atoms with E-state index in [0.717, 1.165) is 0 Å². The van der Waals surface area contributed by atoms with Crippen LogP contribution in [-0.2, 0) is 47.5 Å². The monoisotopic (exact) mass is 1170 g/mol. The van der Waals surface area contributed by atoms with Gasteiger partial charge in [0.1, 0.15) is 24.1 Å². The number of anilines is 1. The van der Waals surface area contributed by atoms with Gasteiger partial charge in [-0.15, -0.1) is 0 Å². The normalized spacial score (nSPS) is 36.5. The lowest BCUT2D eigenvalue weighted by Crippen LogP contribution is -2.62. The van der Waals surface area contributed by atoms with Crippen LogP contribution in [-0.4, -0.2) is 181 Å².